The van der Waals surface area contributed by atoms with Crippen molar-refractivity contribution in [1.29, 1.82) is 0 Å². The van der Waals surface area contributed by atoms with Crippen molar-refractivity contribution in [3.8, 4) is 0 Å². The molecule has 1 atom stereocenters. The second-order valence-corrected chi connectivity index (χ2v) is 5.56. The molecule has 22 heavy (non-hydrogen) atoms. The van der Waals surface area contributed by atoms with Gasteiger partial charge in [0.1, 0.15) is 5.82 Å². The number of hydrogen-bond donors (Lipinski definition) is 2. The second-order valence-electron chi connectivity index (χ2n) is 5.56. The number of nitrogens with one attached hydrogen (secondary N) is 2. The highest BCUT2D eigenvalue weighted by Crippen LogP contribution is 2.11. The lowest BCUT2D eigenvalue weighted by Crippen LogP contribution is -2.29. The maximum atomic E-state index is 11.9. The topological polar surface area (TPSA) is 84.1 Å². The number of aromatic nitrogens is 2. The zero-order valence-electron chi connectivity index (χ0n) is 12.3. The monoisotopic (exact) mass is 301 g/mol. The highest BCUT2D eigenvalue weighted by Gasteiger charge is 2.16. The summed E-state index contributed by atoms with van der Waals surface area (Å²) in [5, 5.41) is 3.47. The molecule has 1 aliphatic rings. The Kier molecular flexibility index (Phi) is 4.48. The van der Waals surface area contributed by atoms with Crippen molar-refractivity contribution in [2.75, 3.05) is 19.8 Å². The Morgan fingerprint density at radius 1 is 1.41 bits per heavy atom. The number of benzene rings is 1. The smallest absolute Gasteiger partial charge is 0.258 e. The molecule has 1 aliphatic heterocycles. The molecule has 0 unspecified atom stereocenters. The van der Waals surface area contributed by atoms with Crippen LogP contribution in [0.2, 0.25) is 0 Å². The van der Waals surface area contributed by atoms with E-state index in [0.717, 1.165) is 19.6 Å². The van der Waals surface area contributed by atoms with Crippen LogP contribution in [0, 0.1) is 5.92 Å². The SMILES string of the molecule is O=C(CCc1nc2ccccc2c(=O)[nH]1)NC[C@H]1CCOC1. The normalized spacial score (nSPS) is 17.7. The molecule has 6 heteroatoms. The fourth-order valence-electron chi connectivity index (χ4n) is 2.58. The van der Waals surface area contributed by atoms with E-state index in [0.29, 0.717) is 42.0 Å². The van der Waals surface area contributed by atoms with Gasteiger partial charge in [0.2, 0.25) is 5.91 Å². The number of carbonyl (C=O) groups excluding carboxylic acids is 1. The summed E-state index contributed by atoms with van der Waals surface area (Å²) in [5.74, 6) is 0.938. The molecule has 0 saturated carbocycles. The number of rotatable bonds is 5. The Bertz CT molecular complexity index is 720. The average molecular weight is 301 g/mol. The lowest BCUT2D eigenvalue weighted by atomic mass is 10.1. The van der Waals surface area contributed by atoms with Gasteiger partial charge in [-0.2, -0.15) is 0 Å². The van der Waals surface area contributed by atoms with Crippen LogP contribution in [-0.4, -0.2) is 35.6 Å². The maximum Gasteiger partial charge on any atom is 0.258 e. The van der Waals surface area contributed by atoms with E-state index in [1.165, 1.54) is 0 Å². The summed E-state index contributed by atoms with van der Waals surface area (Å²) >= 11 is 0. The number of aryl methyl sites for hydroxylation is 1. The summed E-state index contributed by atoms with van der Waals surface area (Å²) in [4.78, 5) is 30.9. The maximum absolute atomic E-state index is 11.9. The molecule has 2 N–H and O–H groups in total. The predicted molar refractivity (Wildman–Crippen MR) is 82.6 cm³/mol. The largest absolute Gasteiger partial charge is 0.381 e. The fraction of sp³-hybridized carbons (Fsp3) is 0.438. The van der Waals surface area contributed by atoms with E-state index < -0.39 is 0 Å². The van der Waals surface area contributed by atoms with E-state index in [2.05, 4.69) is 15.3 Å². The van der Waals surface area contributed by atoms with Crippen LogP contribution >= 0.6 is 0 Å². The fourth-order valence-corrected chi connectivity index (χ4v) is 2.58. The van der Waals surface area contributed by atoms with Gasteiger partial charge in [0, 0.05) is 31.9 Å². The zero-order chi connectivity index (χ0) is 15.4. The Balaban J connectivity index is 1.56. The van der Waals surface area contributed by atoms with E-state index in [1.807, 2.05) is 6.07 Å². The summed E-state index contributed by atoms with van der Waals surface area (Å²) < 4.78 is 5.27. The minimum Gasteiger partial charge on any atom is -0.381 e. The van der Waals surface area contributed by atoms with E-state index >= 15 is 0 Å². The van der Waals surface area contributed by atoms with Gasteiger partial charge in [-0.3, -0.25) is 9.59 Å². The van der Waals surface area contributed by atoms with Gasteiger partial charge < -0.3 is 15.0 Å². The summed E-state index contributed by atoms with van der Waals surface area (Å²) in [6.07, 6.45) is 1.74. The van der Waals surface area contributed by atoms with Crippen molar-refractivity contribution in [2.24, 2.45) is 5.92 Å². The van der Waals surface area contributed by atoms with Crippen LogP contribution in [0.25, 0.3) is 10.9 Å². The molecule has 0 spiro atoms. The van der Waals surface area contributed by atoms with Crippen LogP contribution in [0.5, 0.6) is 0 Å². The predicted octanol–water partition coefficient (Wildman–Crippen LogP) is 1.01. The molecule has 6 nitrogen and oxygen atoms in total. The third-order valence-corrected chi connectivity index (χ3v) is 3.86. The Hall–Kier alpha value is -2.21. The van der Waals surface area contributed by atoms with Crippen molar-refractivity contribution < 1.29 is 9.53 Å². The van der Waals surface area contributed by atoms with E-state index in [-0.39, 0.29) is 11.5 Å². The summed E-state index contributed by atoms with van der Waals surface area (Å²) in [6.45, 7) is 2.16. The first-order chi connectivity index (χ1) is 10.7. The van der Waals surface area contributed by atoms with E-state index in [4.69, 9.17) is 4.74 Å². The standard InChI is InChI=1S/C16H19N3O3/c20-15(17-9-11-7-8-22-10-11)6-5-14-18-13-4-2-1-3-12(13)16(21)19-14/h1-4,11H,5-10H2,(H,17,20)(H,18,19,21)/t11-/m1/s1. The van der Waals surface area contributed by atoms with Crippen LogP contribution in [0.1, 0.15) is 18.7 Å². The molecule has 0 bridgehead atoms. The van der Waals surface area contributed by atoms with Crippen LogP contribution in [-0.2, 0) is 16.0 Å². The third-order valence-electron chi connectivity index (χ3n) is 3.86. The molecule has 0 radical (unpaired) electrons. The van der Waals surface area contributed by atoms with Crippen molar-refractivity contribution in [3.05, 3.63) is 40.4 Å². The van der Waals surface area contributed by atoms with Gasteiger partial charge in [-0.15, -0.1) is 0 Å². The van der Waals surface area contributed by atoms with Crippen molar-refractivity contribution in [3.63, 3.8) is 0 Å². The lowest BCUT2D eigenvalue weighted by molar-refractivity contribution is -0.121. The van der Waals surface area contributed by atoms with Crippen molar-refractivity contribution in [2.45, 2.75) is 19.3 Å². The number of amides is 1. The van der Waals surface area contributed by atoms with Crippen molar-refractivity contribution in [1.82, 2.24) is 15.3 Å². The van der Waals surface area contributed by atoms with Gasteiger partial charge in [0.15, 0.2) is 0 Å². The molecule has 3 rings (SSSR count). The van der Waals surface area contributed by atoms with Crippen LogP contribution < -0.4 is 10.9 Å². The quantitative estimate of drug-likeness (QED) is 0.863. The number of para-hydroxylation sites is 1. The Morgan fingerprint density at radius 2 is 2.27 bits per heavy atom. The summed E-state index contributed by atoms with van der Waals surface area (Å²) in [6, 6.07) is 7.18. The van der Waals surface area contributed by atoms with Gasteiger partial charge >= 0.3 is 0 Å². The Morgan fingerprint density at radius 3 is 3.09 bits per heavy atom. The van der Waals surface area contributed by atoms with Crippen molar-refractivity contribution >= 4 is 16.8 Å². The minimum atomic E-state index is -0.163. The summed E-state index contributed by atoms with van der Waals surface area (Å²) in [7, 11) is 0. The molecule has 1 aromatic heterocycles. The van der Waals surface area contributed by atoms with Crippen LogP contribution in [0.15, 0.2) is 29.1 Å². The first-order valence-electron chi connectivity index (χ1n) is 7.55. The molecule has 2 heterocycles. The number of nitrogens with zero attached hydrogens (tertiary/aromatic N) is 1. The first kappa shape index (κ1) is 14.7. The molecule has 2 aromatic rings. The van der Waals surface area contributed by atoms with Gasteiger partial charge in [0.25, 0.3) is 5.56 Å². The number of ether oxygens (including phenoxy) is 1. The molecule has 1 amide bonds. The third kappa shape index (κ3) is 3.51. The molecular weight excluding hydrogens is 282 g/mol. The highest BCUT2D eigenvalue weighted by molar-refractivity contribution is 5.78. The number of H-pyrrole nitrogens is 1. The summed E-state index contributed by atoms with van der Waals surface area (Å²) in [5.41, 5.74) is 0.494. The van der Waals surface area contributed by atoms with Gasteiger partial charge in [0.05, 0.1) is 17.5 Å². The lowest BCUT2D eigenvalue weighted by Gasteiger charge is -2.09. The average Bonchev–Trinajstić information content (AvgIpc) is 3.04. The number of carbonyl (C=O) groups is 1. The highest BCUT2D eigenvalue weighted by atomic mass is 16.5. The number of hydrogen-bond acceptors (Lipinski definition) is 4. The second kappa shape index (κ2) is 6.70. The number of aromatic amines is 1. The van der Waals surface area contributed by atoms with Crippen LogP contribution in [0.3, 0.4) is 0 Å². The van der Waals surface area contributed by atoms with E-state index in [9.17, 15) is 9.59 Å². The van der Waals surface area contributed by atoms with Gasteiger partial charge in [-0.05, 0) is 18.6 Å². The Labute approximate surface area is 127 Å². The molecule has 1 saturated heterocycles. The minimum absolute atomic E-state index is 0.0253. The van der Waals surface area contributed by atoms with Gasteiger partial charge in [-0.1, -0.05) is 12.1 Å². The van der Waals surface area contributed by atoms with Gasteiger partial charge in [-0.25, -0.2) is 4.98 Å². The molecular formula is C16H19N3O3. The molecule has 1 aromatic carbocycles. The molecule has 1 fully saturated rings. The molecule has 0 aliphatic carbocycles. The van der Waals surface area contributed by atoms with Crippen LogP contribution in [0.4, 0.5) is 0 Å². The zero-order valence-corrected chi connectivity index (χ0v) is 12.3. The number of fused-ring (bicyclic) bond motifs is 1. The molecule has 116 valence electrons. The first-order valence-corrected chi connectivity index (χ1v) is 7.55. The van der Waals surface area contributed by atoms with E-state index in [1.54, 1.807) is 18.2 Å².